The van der Waals surface area contributed by atoms with Crippen LogP contribution >= 0.6 is 0 Å². The van der Waals surface area contributed by atoms with E-state index in [1.54, 1.807) is 13.1 Å². The van der Waals surface area contributed by atoms with Crippen LogP contribution in [0.15, 0.2) is 52.4 Å². The number of benzene rings is 1. The van der Waals surface area contributed by atoms with Crippen molar-refractivity contribution in [2.45, 2.75) is 39.7 Å². The molecule has 1 aromatic rings. The van der Waals surface area contributed by atoms with Crippen molar-refractivity contribution < 1.29 is 13.6 Å². The third-order valence-electron chi connectivity index (χ3n) is 4.61. The number of hydrogen-bond donors (Lipinski definition) is 4. The van der Waals surface area contributed by atoms with Gasteiger partial charge in [0.1, 0.15) is 11.6 Å². The van der Waals surface area contributed by atoms with Gasteiger partial charge in [-0.25, -0.2) is 8.78 Å². The van der Waals surface area contributed by atoms with E-state index in [4.69, 9.17) is 16.9 Å². The standard InChI is InChI=1S/C20H24F2N4O/c1-3-17(23)19(20(25)27)14-6-7-18(24)15(11(14)2)10-26-9-12-4-5-13(21)8-16(12)22/h4-5,8,10,24,26H,3,6-7,9,23H2,1-2H3,(H2,25,27)/b15-10-,19-17-,24-18?. The highest BCUT2D eigenvalue weighted by molar-refractivity contribution is 6.06. The average Bonchev–Trinajstić information content (AvgIpc) is 2.61. The molecular weight excluding hydrogens is 350 g/mol. The van der Waals surface area contributed by atoms with Crippen LogP contribution in [-0.2, 0) is 11.3 Å². The van der Waals surface area contributed by atoms with Crippen LogP contribution in [0.4, 0.5) is 8.78 Å². The van der Waals surface area contributed by atoms with Gasteiger partial charge in [-0.1, -0.05) is 13.0 Å². The van der Waals surface area contributed by atoms with Crippen molar-refractivity contribution in [2.24, 2.45) is 11.5 Å². The normalized spacial score (nSPS) is 17.2. The zero-order chi connectivity index (χ0) is 20.1. The smallest absolute Gasteiger partial charge is 0.250 e. The summed E-state index contributed by atoms with van der Waals surface area (Å²) in [7, 11) is 0. The van der Waals surface area contributed by atoms with Gasteiger partial charge in [0.25, 0.3) is 5.91 Å². The molecule has 0 bridgehead atoms. The Bertz CT molecular complexity index is 869. The second-order valence-electron chi connectivity index (χ2n) is 6.37. The number of nitrogens with one attached hydrogen (secondary N) is 2. The zero-order valence-electron chi connectivity index (χ0n) is 15.5. The van der Waals surface area contributed by atoms with Crippen LogP contribution in [0.3, 0.4) is 0 Å². The molecule has 1 amide bonds. The lowest BCUT2D eigenvalue weighted by molar-refractivity contribution is -0.114. The monoisotopic (exact) mass is 374 g/mol. The van der Waals surface area contributed by atoms with E-state index in [1.165, 1.54) is 12.1 Å². The predicted molar refractivity (Wildman–Crippen MR) is 102 cm³/mol. The maximum absolute atomic E-state index is 13.7. The molecule has 27 heavy (non-hydrogen) atoms. The minimum Gasteiger partial charge on any atom is -0.401 e. The second-order valence-corrected chi connectivity index (χ2v) is 6.37. The lowest BCUT2D eigenvalue weighted by atomic mass is 9.82. The van der Waals surface area contributed by atoms with Crippen molar-refractivity contribution in [3.8, 4) is 0 Å². The van der Waals surface area contributed by atoms with Crippen molar-refractivity contribution in [1.29, 1.82) is 5.41 Å². The molecule has 0 spiro atoms. The van der Waals surface area contributed by atoms with E-state index in [1.807, 2.05) is 6.92 Å². The number of allylic oxidation sites excluding steroid dienone is 3. The molecule has 0 unspecified atom stereocenters. The largest absolute Gasteiger partial charge is 0.401 e. The molecule has 1 aromatic carbocycles. The Labute approximate surface area is 157 Å². The fourth-order valence-electron chi connectivity index (χ4n) is 3.07. The minimum atomic E-state index is -0.637. The van der Waals surface area contributed by atoms with Gasteiger partial charge in [-0.05, 0) is 43.4 Å². The molecular formula is C20H24F2N4O. The molecule has 0 radical (unpaired) electrons. The zero-order valence-corrected chi connectivity index (χ0v) is 15.5. The summed E-state index contributed by atoms with van der Waals surface area (Å²) in [4.78, 5) is 11.9. The van der Waals surface area contributed by atoms with E-state index < -0.39 is 17.5 Å². The third kappa shape index (κ3) is 4.61. The molecule has 0 atom stereocenters. The van der Waals surface area contributed by atoms with Crippen molar-refractivity contribution in [2.75, 3.05) is 0 Å². The first-order chi connectivity index (χ1) is 12.8. The van der Waals surface area contributed by atoms with Crippen LogP contribution in [0.2, 0.25) is 0 Å². The number of amides is 1. The van der Waals surface area contributed by atoms with Gasteiger partial charge in [-0.3, -0.25) is 4.79 Å². The summed E-state index contributed by atoms with van der Waals surface area (Å²) >= 11 is 0. The highest BCUT2D eigenvalue weighted by Gasteiger charge is 2.24. The number of halogens is 2. The maximum Gasteiger partial charge on any atom is 0.250 e. The van der Waals surface area contributed by atoms with E-state index in [9.17, 15) is 13.6 Å². The van der Waals surface area contributed by atoms with Crippen molar-refractivity contribution >= 4 is 11.6 Å². The highest BCUT2D eigenvalue weighted by atomic mass is 19.1. The molecule has 0 saturated carbocycles. The van der Waals surface area contributed by atoms with Crippen molar-refractivity contribution in [3.63, 3.8) is 0 Å². The average molecular weight is 374 g/mol. The van der Waals surface area contributed by atoms with Crippen LogP contribution in [0, 0.1) is 17.0 Å². The molecule has 0 heterocycles. The third-order valence-corrected chi connectivity index (χ3v) is 4.61. The summed E-state index contributed by atoms with van der Waals surface area (Å²) in [6, 6.07) is 3.39. The van der Waals surface area contributed by atoms with E-state index >= 15 is 0 Å². The van der Waals surface area contributed by atoms with Crippen LogP contribution < -0.4 is 16.8 Å². The second kappa shape index (κ2) is 8.62. The van der Waals surface area contributed by atoms with Crippen LogP contribution in [0.1, 0.15) is 38.7 Å². The number of primary amides is 1. The molecule has 2 rings (SSSR count). The molecule has 7 heteroatoms. The summed E-state index contributed by atoms with van der Waals surface area (Å²) in [5.41, 5.74) is 15.0. The van der Waals surface area contributed by atoms with Crippen molar-refractivity contribution in [1.82, 2.24) is 5.32 Å². The predicted octanol–water partition coefficient (Wildman–Crippen LogP) is 3.18. The first-order valence-corrected chi connectivity index (χ1v) is 8.70. The molecule has 0 fully saturated rings. The molecule has 6 N–H and O–H groups in total. The Balaban J connectivity index is 2.32. The highest BCUT2D eigenvalue weighted by Crippen LogP contribution is 2.32. The van der Waals surface area contributed by atoms with Crippen LogP contribution in [0.5, 0.6) is 0 Å². The molecule has 1 aliphatic rings. The Morgan fingerprint density at radius 2 is 2.00 bits per heavy atom. The molecule has 5 nitrogen and oxygen atoms in total. The van der Waals surface area contributed by atoms with E-state index in [0.717, 1.165) is 17.2 Å². The van der Waals surface area contributed by atoms with Gasteiger partial charge in [-0.2, -0.15) is 0 Å². The topological polar surface area (TPSA) is 105 Å². The number of nitrogens with two attached hydrogens (primary N) is 2. The molecule has 144 valence electrons. The van der Waals surface area contributed by atoms with Gasteiger partial charge in [-0.15, -0.1) is 0 Å². The summed E-state index contributed by atoms with van der Waals surface area (Å²) in [5, 5.41) is 11.2. The van der Waals surface area contributed by atoms with Gasteiger partial charge in [0.05, 0.1) is 5.57 Å². The van der Waals surface area contributed by atoms with Gasteiger partial charge < -0.3 is 22.2 Å². The van der Waals surface area contributed by atoms with Crippen LogP contribution in [-0.4, -0.2) is 11.6 Å². The van der Waals surface area contributed by atoms with Crippen molar-refractivity contribution in [3.05, 3.63) is 69.6 Å². The number of carbonyl (C=O) groups is 1. The SMILES string of the molecule is CC/C(N)=C(/C(N)=O)C1=C(C)/C(=C/NCc2ccc(F)cc2F)C(=N)CC1. The number of hydrogen-bond acceptors (Lipinski definition) is 4. The Kier molecular flexibility index (Phi) is 6.50. The first-order valence-electron chi connectivity index (χ1n) is 8.70. The molecule has 0 aliphatic heterocycles. The molecule has 0 saturated heterocycles. The molecule has 1 aliphatic carbocycles. The Morgan fingerprint density at radius 1 is 1.30 bits per heavy atom. The quantitative estimate of drug-likeness (QED) is 0.575. The summed E-state index contributed by atoms with van der Waals surface area (Å²) < 4.78 is 26.7. The Morgan fingerprint density at radius 3 is 2.59 bits per heavy atom. The Hall–Kier alpha value is -2.96. The van der Waals surface area contributed by atoms with E-state index in [2.05, 4.69) is 5.32 Å². The lowest BCUT2D eigenvalue weighted by Gasteiger charge is -2.24. The van der Waals surface area contributed by atoms with E-state index in [-0.39, 0.29) is 6.54 Å². The number of rotatable bonds is 6. The summed E-state index contributed by atoms with van der Waals surface area (Å²) in [6.45, 7) is 3.79. The van der Waals surface area contributed by atoms with Gasteiger partial charge in [0.15, 0.2) is 0 Å². The van der Waals surface area contributed by atoms with Crippen LogP contribution in [0.25, 0.3) is 0 Å². The van der Waals surface area contributed by atoms with Gasteiger partial charge in [0, 0.05) is 41.4 Å². The summed E-state index contributed by atoms with van der Waals surface area (Å²) in [5.74, 6) is -1.86. The van der Waals surface area contributed by atoms with Gasteiger partial charge >= 0.3 is 0 Å². The first kappa shape index (κ1) is 20.4. The molecule has 0 aromatic heterocycles. The number of carbonyl (C=O) groups excluding carboxylic acids is 1. The lowest BCUT2D eigenvalue weighted by Crippen LogP contribution is -2.24. The van der Waals surface area contributed by atoms with Gasteiger partial charge in [0.2, 0.25) is 0 Å². The van der Waals surface area contributed by atoms with E-state index in [0.29, 0.717) is 47.4 Å². The maximum atomic E-state index is 13.7. The fourth-order valence-corrected chi connectivity index (χ4v) is 3.07. The minimum absolute atomic E-state index is 0.140. The fraction of sp³-hybridized carbons (Fsp3) is 0.300. The summed E-state index contributed by atoms with van der Waals surface area (Å²) in [6.07, 6.45) is 3.06.